The first-order valence-corrected chi connectivity index (χ1v) is 4.25. The molecule has 0 saturated heterocycles. The highest BCUT2D eigenvalue weighted by Gasteiger charge is 1.91. The molecule has 0 spiro atoms. The smallest absolute Gasteiger partial charge is 0.123 e. The average molecular weight is 180 g/mol. The average Bonchev–Trinajstić information content (AvgIpc) is 2.15. The summed E-state index contributed by atoms with van der Waals surface area (Å²) >= 11 is 0. The monoisotopic (exact) mass is 180 g/mol. The molecule has 0 N–H and O–H groups in total. The van der Waals surface area contributed by atoms with Crippen molar-refractivity contribution in [1.82, 2.24) is 0 Å². The largest absolute Gasteiger partial charge is 0.505 e. The summed E-state index contributed by atoms with van der Waals surface area (Å²) in [5.74, 6) is -0.184. The van der Waals surface area contributed by atoms with Gasteiger partial charge in [0.2, 0.25) is 0 Å². The Morgan fingerprint density at radius 2 is 2.00 bits per heavy atom. The Bertz CT molecular complexity index is 264. The number of benzene rings is 1. The van der Waals surface area contributed by atoms with Crippen LogP contribution >= 0.6 is 0 Å². The molecule has 0 saturated carbocycles. The maximum absolute atomic E-state index is 12.5. The molecule has 0 aliphatic carbocycles. The fourth-order valence-corrected chi connectivity index (χ4v) is 1.07. The van der Waals surface area contributed by atoms with E-state index in [1.54, 1.807) is 25.5 Å². The molecule has 0 heterocycles. The van der Waals surface area contributed by atoms with Crippen LogP contribution in [0.5, 0.6) is 0 Å². The molecule has 0 atom stereocenters. The molecule has 0 bridgehead atoms. The normalized spacial score (nSPS) is 10.6. The first-order valence-electron chi connectivity index (χ1n) is 4.25. The van der Waals surface area contributed by atoms with Crippen LogP contribution in [-0.4, -0.2) is 7.11 Å². The van der Waals surface area contributed by atoms with Gasteiger partial charge in [-0.1, -0.05) is 12.1 Å². The minimum atomic E-state index is -0.184. The minimum Gasteiger partial charge on any atom is -0.505 e. The summed E-state index contributed by atoms with van der Waals surface area (Å²) in [5.41, 5.74) is 1.14. The molecule has 0 amide bonds. The van der Waals surface area contributed by atoms with Crippen molar-refractivity contribution in [2.24, 2.45) is 0 Å². The molecule has 1 rings (SSSR count). The molecule has 1 nitrogen and oxygen atoms in total. The molecule has 70 valence electrons. The standard InChI is InChI=1S/C11H13FO/c1-13-9-3-2-4-10-5-7-11(12)8-6-10/h3,5-9H,2,4H2,1H3. The molecular weight excluding hydrogens is 167 g/mol. The summed E-state index contributed by atoms with van der Waals surface area (Å²) in [6.45, 7) is 0. The van der Waals surface area contributed by atoms with Crippen molar-refractivity contribution in [2.45, 2.75) is 12.8 Å². The van der Waals surface area contributed by atoms with Gasteiger partial charge in [-0.2, -0.15) is 0 Å². The topological polar surface area (TPSA) is 9.23 Å². The highest BCUT2D eigenvalue weighted by atomic mass is 19.1. The fraction of sp³-hybridized carbons (Fsp3) is 0.273. The SMILES string of the molecule is COC=CCCc1ccc(F)cc1. The van der Waals surface area contributed by atoms with Crippen molar-refractivity contribution in [2.75, 3.05) is 7.11 Å². The minimum absolute atomic E-state index is 0.184. The van der Waals surface area contributed by atoms with Gasteiger partial charge >= 0.3 is 0 Å². The number of aryl methyl sites for hydroxylation is 1. The Kier molecular flexibility index (Phi) is 4.03. The second kappa shape index (κ2) is 5.36. The number of allylic oxidation sites excluding steroid dienone is 1. The summed E-state index contributed by atoms with van der Waals surface area (Å²) in [5, 5.41) is 0. The second-order valence-corrected chi connectivity index (χ2v) is 2.77. The molecular formula is C11H13FO. The van der Waals surface area contributed by atoms with Gasteiger partial charge in [-0.3, -0.25) is 0 Å². The van der Waals surface area contributed by atoms with E-state index in [0.717, 1.165) is 18.4 Å². The van der Waals surface area contributed by atoms with Gasteiger partial charge in [-0.25, -0.2) is 4.39 Å². The Hall–Kier alpha value is -1.31. The lowest BCUT2D eigenvalue weighted by Gasteiger charge is -1.97. The summed E-state index contributed by atoms with van der Waals surface area (Å²) in [7, 11) is 1.62. The van der Waals surface area contributed by atoms with Crippen molar-refractivity contribution in [3.8, 4) is 0 Å². The zero-order chi connectivity index (χ0) is 9.52. The van der Waals surface area contributed by atoms with Crippen molar-refractivity contribution in [3.05, 3.63) is 48.0 Å². The summed E-state index contributed by atoms with van der Waals surface area (Å²) in [4.78, 5) is 0. The van der Waals surface area contributed by atoms with Gasteiger partial charge in [0, 0.05) is 0 Å². The van der Waals surface area contributed by atoms with Gasteiger partial charge in [-0.15, -0.1) is 0 Å². The highest BCUT2D eigenvalue weighted by molar-refractivity contribution is 5.16. The van der Waals surface area contributed by atoms with Gasteiger partial charge in [-0.05, 0) is 36.6 Å². The van der Waals surface area contributed by atoms with E-state index in [1.165, 1.54) is 12.1 Å². The van der Waals surface area contributed by atoms with Gasteiger partial charge in [0.25, 0.3) is 0 Å². The third-order valence-electron chi connectivity index (χ3n) is 1.75. The summed E-state index contributed by atoms with van der Waals surface area (Å²) in [6.07, 6.45) is 5.44. The van der Waals surface area contributed by atoms with Gasteiger partial charge < -0.3 is 4.74 Å². The Labute approximate surface area is 77.8 Å². The van der Waals surface area contributed by atoms with E-state index in [4.69, 9.17) is 4.74 Å². The van der Waals surface area contributed by atoms with Crippen molar-refractivity contribution in [3.63, 3.8) is 0 Å². The lowest BCUT2D eigenvalue weighted by molar-refractivity contribution is 0.336. The summed E-state index contributed by atoms with van der Waals surface area (Å²) in [6, 6.07) is 6.57. The molecule has 1 aromatic carbocycles. The van der Waals surface area contributed by atoms with E-state index >= 15 is 0 Å². The van der Waals surface area contributed by atoms with Crippen LogP contribution < -0.4 is 0 Å². The number of halogens is 1. The lowest BCUT2D eigenvalue weighted by atomic mass is 10.1. The van der Waals surface area contributed by atoms with Crippen LogP contribution in [0.2, 0.25) is 0 Å². The molecule has 0 unspecified atom stereocenters. The fourth-order valence-electron chi connectivity index (χ4n) is 1.07. The van der Waals surface area contributed by atoms with E-state index in [0.29, 0.717) is 0 Å². The van der Waals surface area contributed by atoms with Crippen molar-refractivity contribution in [1.29, 1.82) is 0 Å². The van der Waals surface area contributed by atoms with Crippen LogP contribution in [0.15, 0.2) is 36.6 Å². The van der Waals surface area contributed by atoms with Gasteiger partial charge in [0.15, 0.2) is 0 Å². The quantitative estimate of drug-likeness (QED) is 0.647. The lowest BCUT2D eigenvalue weighted by Crippen LogP contribution is -1.83. The molecule has 0 radical (unpaired) electrons. The Morgan fingerprint density at radius 3 is 2.62 bits per heavy atom. The molecule has 13 heavy (non-hydrogen) atoms. The molecule has 2 heteroatoms. The van der Waals surface area contributed by atoms with E-state index in [9.17, 15) is 4.39 Å². The third-order valence-corrected chi connectivity index (χ3v) is 1.75. The zero-order valence-corrected chi connectivity index (χ0v) is 7.66. The molecule has 0 aliphatic rings. The van der Waals surface area contributed by atoms with Crippen LogP contribution in [0.3, 0.4) is 0 Å². The first kappa shape index (κ1) is 9.78. The number of hydrogen-bond donors (Lipinski definition) is 0. The van der Waals surface area contributed by atoms with E-state index in [1.807, 2.05) is 6.08 Å². The Balaban J connectivity index is 2.37. The predicted molar refractivity (Wildman–Crippen MR) is 50.9 cm³/mol. The van der Waals surface area contributed by atoms with Crippen molar-refractivity contribution >= 4 is 0 Å². The molecule has 0 aliphatic heterocycles. The van der Waals surface area contributed by atoms with Crippen LogP contribution in [0.4, 0.5) is 4.39 Å². The number of methoxy groups -OCH3 is 1. The molecule has 0 fully saturated rings. The maximum Gasteiger partial charge on any atom is 0.123 e. The maximum atomic E-state index is 12.5. The number of rotatable bonds is 4. The number of ether oxygens (including phenoxy) is 1. The van der Waals surface area contributed by atoms with E-state index in [-0.39, 0.29) is 5.82 Å². The Morgan fingerprint density at radius 1 is 1.31 bits per heavy atom. The van der Waals surface area contributed by atoms with E-state index in [2.05, 4.69) is 0 Å². The van der Waals surface area contributed by atoms with Crippen LogP contribution in [0.1, 0.15) is 12.0 Å². The van der Waals surface area contributed by atoms with Crippen LogP contribution in [0, 0.1) is 5.82 Å². The molecule has 0 aromatic heterocycles. The highest BCUT2D eigenvalue weighted by Crippen LogP contribution is 2.05. The van der Waals surface area contributed by atoms with Gasteiger partial charge in [0.05, 0.1) is 13.4 Å². The van der Waals surface area contributed by atoms with Crippen LogP contribution in [-0.2, 0) is 11.2 Å². The van der Waals surface area contributed by atoms with Crippen LogP contribution in [0.25, 0.3) is 0 Å². The second-order valence-electron chi connectivity index (χ2n) is 2.77. The van der Waals surface area contributed by atoms with E-state index < -0.39 is 0 Å². The van der Waals surface area contributed by atoms with Gasteiger partial charge in [0.1, 0.15) is 5.82 Å². The summed E-state index contributed by atoms with van der Waals surface area (Å²) < 4.78 is 17.3. The van der Waals surface area contributed by atoms with Crippen molar-refractivity contribution < 1.29 is 9.13 Å². The molecule has 1 aromatic rings. The zero-order valence-electron chi connectivity index (χ0n) is 7.66. The third kappa shape index (κ3) is 3.74. The predicted octanol–water partition coefficient (Wildman–Crippen LogP) is 2.92. The number of hydrogen-bond acceptors (Lipinski definition) is 1. The first-order chi connectivity index (χ1) is 6.33.